The summed E-state index contributed by atoms with van der Waals surface area (Å²) in [5.74, 6) is 0.829. The van der Waals surface area contributed by atoms with Gasteiger partial charge in [-0.1, -0.05) is 23.4 Å². The molecule has 0 aliphatic carbocycles. The number of aromatic nitrogens is 5. The Balaban J connectivity index is 1.82. The fourth-order valence-corrected chi connectivity index (χ4v) is 3.22. The first kappa shape index (κ1) is 18.7. The Hall–Kier alpha value is -3.68. The number of amides is 1. The highest BCUT2D eigenvalue weighted by Gasteiger charge is 2.21. The number of hydrogen-bond acceptors (Lipinski definition) is 7. The molecule has 4 rings (SSSR count). The number of rotatable bonds is 5. The number of carbonyl (C=O) groups excluding carboxylic acids is 1. The van der Waals surface area contributed by atoms with Crippen molar-refractivity contribution in [3.8, 4) is 11.3 Å². The maximum absolute atomic E-state index is 13.5. The lowest BCUT2D eigenvalue weighted by molar-refractivity contribution is 0.0749. The lowest BCUT2D eigenvalue weighted by atomic mass is 10.0. The smallest absolute Gasteiger partial charge is 0.255 e. The number of hydrogen-bond donors (Lipinski definition) is 0. The third-order valence-electron chi connectivity index (χ3n) is 4.70. The normalized spacial score (nSPS) is 11.0. The summed E-state index contributed by atoms with van der Waals surface area (Å²) >= 11 is 0. The van der Waals surface area contributed by atoms with Crippen LogP contribution in [0.4, 0.5) is 0 Å². The molecule has 0 aliphatic heterocycles. The van der Waals surface area contributed by atoms with E-state index in [4.69, 9.17) is 9.51 Å². The monoisotopic (exact) mass is 388 g/mol. The summed E-state index contributed by atoms with van der Waals surface area (Å²) in [5.41, 5.74) is 3.75. The zero-order valence-corrected chi connectivity index (χ0v) is 16.5. The minimum absolute atomic E-state index is 0.119. The highest BCUT2D eigenvalue weighted by molar-refractivity contribution is 6.07. The molecule has 1 aromatic carbocycles. The van der Waals surface area contributed by atoms with Gasteiger partial charge in [-0.3, -0.25) is 4.79 Å². The van der Waals surface area contributed by atoms with E-state index >= 15 is 0 Å². The summed E-state index contributed by atoms with van der Waals surface area (Å²) in [6.45, 7) is 6.40. The van der Waals surface area contributed by atoms with E-state index in [2.05, 4.69) is 20.1 Å². The number of fused-ring (bicyclic) bond motifs is 1. The lowest BCUT2D eigenvalue weighted by Gasteiger charge is -2.20. The van der Waals surface area contributed by atoms with Gasteiger partial charge in [0.2, 0.25) is 5.89 Å². The second-order valence-corrected chi connectivity index (χ2v) is 6.70. The number of nitrogens with zero attached hydrogens (tertiary/aromatic N) is 6. The summed E-state index contributed by atoms with van der Waals surface area (Å²) in [4.78, 5) is 32.3. The van der Waals surface area contributed by atoms with Crippen LogP contribution in [0.15, 0.2) is 47.5 Å². The highest BCUT2D eigenvalue weighted by atomic mass is 16.5. The Labute approximate surface area is 167 Å². The van der Waals surface area contributed by atoms with Crippen molar-refractivity contribution in [1.82, 2.24) is 30.0 Å². The molecule has 8 heteroatoms. The van der Waals surface area contributed by atoms with Crippen LogP contribution in [0, 0.1) is 13.8 Å². The molecule has 0 atom stereocenters. The first-order chi connectivity index (χ1) is 14.1. The average Bonchev–Trinajstić information content (AvgIpc) is 3.16. The molecule has 0 saturated heterocycles. The molecule has 0 aliphatic rings. The van der Waals surface area contributed by atoms with Crippen LogP contribution < -0.4 is 0 Å². The second-order valence-electron chi connectivity index (χ2n) is 6.70. The van der Waals surface area contributed by atoms with Crippen molar-refractivity contribution >= 4 is 16.8 Å². The Morgan fingerprint density at radius 2 is 1.93 bits per heavy atom. The first-order valence-electron chi connectivity index (χ1n) is 9.31. The summed E-state index contributed by atoms with van der Waals surface area (Å²) in [6.07, 6.45) is 4.84. The third-order valence-corrected chi connectivity index (χ3v) is 4.70. The predicted octanol–water partition coefficient (Wildman–Crippen LogP) is 3.35. The Bertz CT molecular complexity index is 1170. The number of carbonyl (C=O) groups is 1. The maximum Gasteiger partial charge on any atom is 0.255 e. The molecule has 0 fully saturated rings. The fourth-order valence-electron chi connectivity index (χ4n) is 3.22. The summed E-state index contributed by atoms with van der Waals surface area (Å²) in [6, 6.07) is 7.63. The van der Waals surface area contributed by atoms with Crippen LogP contribution >= 0.6 is 0 Å². The van der Waals surface area contributed by atoms with Gasteiger partial charge >= 0.3 is 0 Å². The Kier molecular flexibility index (Phi) is 4.99. The number of benzene rings is 1. The van der Waals surface area contributed by atoms with Gasteiger partial charge < -0.3 is 9.42 Å². The van der Waals surface area contributed by atoms with E-state index in [1.165, 1.54) is 6.33 Å². The van der Waals surface area contributed by atoms with Crippen LogP contribution in [0.3, 0.4) is 0 Å². The van der Waals surface area contributed by atoms with Gasteiger partial charge in [0, 0.05) is 36.8 Å². The molecule has 0 N–H and O–H groups in total. The minimum atomic E-state index is -0.119. The summed E-state index contributed by atoms with van der Waals surface area (Å²) in [5, 5.41) is 4.72. The van der Waals surface area contributed by atoms with Crippen molar-refractivity contribution in [2.24, 2.45) is 0 Å². The summed E-state index contributed by atoms with van der Waals surface area (Å²) in [7, 11) is 0. The molecule has 146 valence electrons. The topological polar surface area (TPSA) is 97.9 Å². The second kappa shape index (κ2) is 7.75. The molecule has 0 saturated carbocycles. The summed E-state index contributed by atoms with van der Waals surface area (Å²) < 4.78 is 5.04. The first-order valence-corrected chi connectivity index (χ1v) is 9.31. The molecule has 0 radical (unpaired) electrons. The van der Waals surface area contributed by atoms with Gasteiger partial charge in [0.15, 0.2) is 5.82 Å². The molecule has 3 aromatic heterocycles. The van der Waals surface area contributed by atoms with E-state index in [9.17, 15) is 4.79 Å². The van der Waals surface area contributed by atoms with Crippen molar-refractivity contribution in [1.29, 1.82) is 0 Å². The van der Waals surface area contributed by atoms with Crippen LogP contribution in [-0.4, -0.2) is 42.4 Å². The quantitative estimate of drug-likeness (QED) is 0.517. The SMILES string of the molecule is CCN(Cc1noc(C)n1)C(=O)c1cc(-c2cncnc2)nc2c(C)cccc12. The molecule has 8 nitrogen and oxygen atoms in total. The minimum Gasteiger partial charge on any atom is -0.340 e. The number of aryl methyl sites for hydroxylation is 2. The van der Waals surface area contributed by atoms with E-state index in [1.807, 2.05) is 32.0 Å². The molecule has 4 aromatic rings. The van der Waals surface area contributed by atoms with E-state index in [0.29, 0.717) is 29.5 Å². The Morgan fingerprint density at radius 1 is 1.14 bits per heavy atom. The number of pyridine rings is 1. The van der Waals surface area contributed by atoms with Crippen LogP contribution in [0.2, 0.25) is 0 Å². The molecule has 1 amide bonds. The van der Waals surface area contributed by atoms with Crippen LogP contribution in [-0.2, 0) is 6.54 Å². The molecule has 0 unspecified atom stereocenters. The Morgan fingerprint density at radius 3 is 2.62 bits per heavy atom. The van der Waals surface area contributed by atoms with Gasteiger partial charge in [-0.05, 0) is 25.5 Å². The average molecular weight is 388 g/mol. The van der Waals surface area contributed by atoms with Gasteiger partial charge in [-0.25, -0.2) is 15.0 Å². The number of para-hydroxylation sites is 1. The molecular formula is C21H20N6O2. The van der Waals surface area contributed by atoms with E-state index < -0.39 is 0 Å². The zero-order valence-electron chi connectivity index (χ0n) is 16.5. The zero-order chi connectivity index (χ0) is 20.4. The van der Waals surface area contributed by atoms with Crippen LogP contribution in [0.25, 0.3) is 22.2 Å². The largest absolute Gasteiger partial charge is 0.340 e. The van der Waals surface area contributed by atoms with Crippen molar-refractivity contribution in [3.63, 3.8) is 0 Å². The van der Waals surface area contributed by atoms with Crippen LogP contribution in [0.5, 0.6) is 0 Å². The third kappa shape index (κ3) is 3.69. The van der Waals surface area contributed by atoms with E-state index in [0.717, 1.165) is 22.0 Å². The van der Waals surface area contributed by atoms with E-state index in [-0.39, 0.29) is 12.5 Å². The van der Waals surface area contributed by atoms with Gasteiger partial charge in [-0.2, -0.15) is 4.98 Å². The van der Waals surface area contributed by atoms with Crippen molar-refractivity contribution in [3.05, 3.63) is 65.8 Å². The standard InChI is InChI=1S/C21H20N6O2/c1-4-27(11-19-24-14(3)29-26-19)21(28)17-8-18(15-9-22-12-23-10-15)25-20-13(2)6-5-7-16(17)20/h5-10,12H,4,11H2,1-3H3. The molecular weight excluding hydrogens is 368 g/mol. The lowest BCUT2D eigenvalue weighted by Crippen LogP contribution is -2.31. The van der Waals surface area contributed by atoms with Gasteiger partial charge in [0.25, 0.3) is 5.91 Å². The van der Waals surface area contributed by atoms with Crippen molar-refractivity contribution in [2.45, 2.75) is 27.3 Å². The van der Waals surface area contributed by atoms with Crippen LogP contribution in [0.1, 0.15) is 34.6 Å². The van der Waals surface area contributed by atoms with Crippen molar-refractivity contribution in [2.75, 3.05) is 6.54 Å². The fraction of sp³-hybridized carbons (Fsp3) is 0.238. The van der Waals surface area contributed by atoms with Crippen molar-refractivity contribution < 1.29 is 9.32 Å². The highest BCUT2D eigenvalue weighted by Crippen LogP contribution is 2.27. The predicted molar refractivity (Wildman–Crippen MR) is 107 cm³/mol. The molecule has 29 heavy (non-hydrogen) atoms. The van der Waals surface area contributed by atoms with Gasteiger partial charge in [0.05, 0.1) is 23.3 Å². The van der Waals surface area contributed by atoms with Gasteiger partial charge in [-0.15, -0.1) is 0 Å². The van der Waals surface area contributed by atoms with E-state index in [1.54, 1.807) is 30.3 Å². The molecule has 0 bridgehead atoms. The molecule has 3 heterocycles. The molecule has 0 spiro atoms. The van der Waals surface area contributed by atoms with Gasteiger partial charge in [0.1, 0.15) is 6.33 Å². The maximum atomic E-state index is 13.5.